The molecule has 3 heterocycles. The number of aromatic nitrogens is 6. The molecule has 3 aromatic heterocycles. The summed E-state index contributed by atoms with van der Waals surface area (Å²) in [6.07, 6.45) is 1.14. The molecule has 0 N–H and O–H groups in total. The molecular weight excluding hydrogens is 340 g/mol. The van der Waals surface area contributed by atoms with Crippen LogP contribution >= 0.6 is 11.3 Å². The Morgan fingerprint density at radius 3 is 2.92 bits per heavy atom. The molecule has 25 heavy (non-hydrogen) atoms. The van der Waals surface area contributed by atoms with Crippen LogP contribution in [-0.2, 0) is 25.9 Å². The molecule has 1 aromatic carbocycles. The van der Waals surface area contributed by atoms with Crippen LogP contribution in [0.25, 0.3) is 11.0 Å². The summed E-state index contributed by atoms with van der Waals surface area (Å²) in [4.78, 5) is 16.1. The van der Waals surface area contributed by atoms with E-state index < -0.39 is 0 Å². The van der Waals surface area contributed by atoms with E-state index >= 15 is 0 Å². The van der Waals surface area contributed by atoms with Gasteiger partial charge in [-0.15, -0.1) is 5.10 Å². The van der Waals surface area contributed by atoms with E-state index in [0.717, 1.165) is 16.7 Å². The van der Waals surface area contributed by atoms with Gasteiger partial charge in [0.25, 0.3) is 0 Å². The lowest BCUT2D eigenvalue weighted by molar-refractivity contribution is 0.365. The summed E-state index contributed by atoms with van der Waals surface area (Å²) < 4.78 is 8.83. The highest BCUT2D eigenvalue weighted by Crippen LogP contribution is 2.10. The van der Waals surface area contributed by atoms with Crippen LogP contribution in [0, 0.1) is 6.92 Å². The van der Waals surface area contributed by atoms with Gasteiger partial charge in [0, 0.05) is 30.5 Å². The van der Waals surface area contributed by atoms with Gasteiger partial charge in [-0.1, -0.05) is 33.8 Å². The van der Waals surface area contributed by atoms with Gasteiger partial charge >= 0.3 is 4.87 Å². The second kappa shape index (κ2) is 6.60. The highest BCUT2D eigenvalue weighted by molar-refractivity contribution is 7.07. The van der Waals surface area contributed by atoms with Gasteiger partial charge in [-0.2, -0.15) is 4.98 Å². The standard InChI is InChI=1S/C16H16N6O2S/c1-11-10-25-16(23)21(11)8-7-15-17-14(19-24-15)6-9-22-13-5-3-2-4-12(13)18-20-22/h2-5,10H,6-9H2,1H3. The van der Waals surface area contributed by atoms with Gasteiger partial charge in [0.2, 0.25) is 5.89 Å². The van der Waals surface area contributed by atoms with Gasteiger partial charge in [-0.3, -0.25) is 4.79 Å². The summed E-state index contributed by atoms with van der Waals surface area (Å²) in [5, 5.41) is 14.1. The Bertz CT molecular complexity index is 1060. The number of benzene rings is 1. The first-order valence-electron chi connectivity index (χ1n) is 7.95. The van der Waals surface area contributed by atoms with Crippen LogP contribution in [-0.4, -0.2) is 29.7 Å². The number of aryl methyl sites for hydroxylation is 4. The fourth-order valence-corrected chi connectivity index (χ4v) is 3.42. The van der Waals surface area contributed by atoms with Gasteiger partial charge in [0.1, 0.15) is 5.52 Å². The fourth-order valence-electron chi connectivity index (χ4n) is 2.66. The minimum absolute atomic E-state index is 0.0373. The quantitative estimate of drug-likeness (QED) is 0.523. The molecule has 0 spiro atoms. The predicted molar refractivity (Wildman–Crippen MR) is 92.6 cm³/mol. The molecule has 4 aromatic rings. The molecule has 0 unspecified atom stereocenters. The molecule has 0 radical (unpaired) electrons. The average Bonchev–Trinajstić information content (AvgIpc) is 3.32. The molecule has 0 atom stereocenters. The predicted octanol–water partition coefficient (Wildman–Crippen LogP) is 1.83. The molecule has 8 nitrogen and oxygen atoms in total. The van der Waals surface area contributed by atoms with Gasteiger partial charge in [-0.25, -0.2) is 4.68 Å². The van der Waals surface area contributed by atoms with Crippen molar-refractivity contribution in [1.29, 1.82) is 0 Å². The van der Waals surface area contributed by atoms with Crippen molar-refractivity contribution in [1.82, 2.24) is 29.7 Å². The maximum atomic E-state index is 11.7. The molecule has 0 aliphatic carbocycles. The minimum Gasteiger partial charge on any atom is -0.339 e. The highest BCUT2D eigenvalue weighted by Gasteiger charge is 2.10. The van der Waals surface area contributed by atoms with Gasteiger partial charge in [-0.05, 0) is 19.1 Å². The molecule has 0 aliphatic rings. The molecule has 9 heteroatoms. The van der Waals surface area contributed by atoms with Gasteiger partial charge < -0.3 is 9.09 Å². The van der Waals surface area contributed by atoms with E-state index in [0.29, 0.717) is 37.6 Å². The number of thiazole rings is 1. The van der Waals surface area contributed by atoms with E-state index in [9.17, 15) is 4.79 Å². The van der Waals surface area contributed by atoms with E-state index in [4.69, 9.17) is 4.52 Å². The molecule has 0 saturated heterocycles. The zero-order valence-corrected chi connectivity index (χ0v) is 14.4. The average molecular weight is 356 g/mol. The maximum Gasteiger partial charge on any atom is 0.307 e. The molecule has 128 valence electrons. The van der Waals surface area contributed by atoms with Crippen molar-refractivity contribution in [3.63, 3.8) is 0 Å². The molecule has 0 saturated carbocycles. The van der Waals surface area contributed by atoms with Gasteiger partial charge in [0.05, 0.1) is 12.1 Å². The van der Waals surface area contributed by atoms with E-state index in [1.807, 2.05) is 41.3 Å². The summed E-state index contributed by atoms with van der Waals surface area (Å²) in [7, 11) is 0. The molecule has 0 fully saturated rings. The number of nitrogens with zero attached hydrogens (tertiary/aromatic N) is 6. The highest BCUT2D eigenvalue weighted by atomic mass is 32.1. The Morgan fingerprint density at radius 1 is 1.20 bits per heavy atom. The van der Waals surface area contributed by atoms with Gasteiger partial charge in [0.15, 0.2) is 5.82 Å². The third kappa shape index (κ3) is 3.22. The summed E-state index contributed by atoms with van der Waals surface area (Å²) in [5.41, 5.74) is 2.80. The van der Waals surface area contributed by atoms with Crippen molar-refractivity contribution in [3.05, 3.63) is 56.7 Å². The van der Waals surface area contributed by atoms with Crippen LogP contribution in [0.5, 0.6) is 0 Å². The number of hydrogen-bond acceptors (Lipinski definition) is 7. The number of rotatable bonds is 6. The Labute approximate surface area is 146 Å². The SMILES string of the molecule is Cc1csc(=O)n1CCc1nc(CCn2nnc3ccccc32)no1. The topological polar surface area (TPSA) is 91.6 Å². The van der Waals surface area contributed by atoms with Crippen molar-refractivity contribution in [2.75, 3.05) is 0 Å². The summed E-state index contributed by atoms with van der Waals surface area (Å²) in [6, 6.07) is 7.81. The van der Waals surface area contributed by atoms with Crippen molar-refractivity contribution in [2.45, 2.75) is 32.9 Å². The first-order chi connectivity index (χ1) is 12.2. The van der Waals surface area contributed by atoms with Crippen LogP contribution in [0.15, 0.2) is 39.0 Å². The van der Waals surface area contributed by atoms with Crippen LogP contribution < -0.4 is 4.87 Å². The minimum atomic E-state index is 0.0373. The van der Waals surface area contributed by atoms with Crippen molar-refractivity contribution in [2.24, 2.45) is 0 Å². The fraction of sp³-hybridized carbons (Fsp3) is 0.312. The Morgan fingerprint density at radius 2 is 2.08 bits per heavy atom. The van der Waals surface area contributed by atoms with Crippen LogP contribution in [0.1, 0.15) is 17.4 Å². The summed E-state index contributed by atoms with van der Waals surface area (Å²) in [6.45, 7) is 3.09. The Hall–Kier alpha value is -2.81. The van der Waals surface area contributed by atoms with Crippen LogP contribution in [0.3, 0.4) is 0 Å². The van der Waals surface area contributed by atoms with Crippen molar-refractivity contribution >= 4 is 22.4 Å². The first kappa shape index (κ1) is 15.7. The third-order valence-corrected chi connectivity index (χ3v) is 4.88. The van der Waals surface area contributed by atoms with Crippen molar-refractivity contribution < 1.29 is 4.52 Å². The largest absolute Gasteiger partial charge is 0.339 e. The van der Waals surface area contributed by atoms with E-state index in [1.54, 1.807) is 4.57 Å². The normalized spacial score (nSPS) is 11.4. The zero-order chi connectivity index (χ0) is 17.2. The van der Waals surface area contributed by atoms with Crippen LogP contribution in [0.4, 0.5) is 0 Å². The third-order valence-electron chi connectivity index (χ3n) is 4.00. The molecule has 0 amide bonds. The number of hydrogen-bond donors (Lipinski definition) is 0. The van der Waals surface area contributed by atoms with E-state index in [2.05, 4.69) is 20.5 Å². The smallest absolute Gasteiger partial charge is 0.307 e. The van der Waals surface area contributed by atoms with Crippen LogP contribution in [0.2, 0.25) is 0 Å². The number of para-hydroxylation sites is 1. The molecule has 0 aliphatic heterocycles. The first-order valence-corrected chi connectivity index (χ1v) is 8.83. The summed E-state index contributed by atoms with van der Waals surface area (Å²) in [5.74, 6) is 1.17. The Balaban J connectivity index is 1.39. The monoisotopic (exact) mass is 356 g/mol. The Kier molecular flexibility index (Phi) is 4.14. The number of fused-ring (bicyclic) bond motifs is 1. The lowest BCUT2D eigenvalue weighted by Crippen LogP contribution is -2.16. The molecule has 0 bridgehead atoms. The van der Waals surface area contributed by atoms with E-state index in [1.165, 1.54) is 11.3 Å². The molecular formula is C16H16N6O2S. The summed E-state index contributed by atoms with van der Waals surface area (Å²) >= 11 is 1.20. The molecule has 4 rings (SSSR count). The van der Waals surface area contributed by atoms with E-state index in [-0.39, 0.29) is 4.87 Å². The lowest BCUT2D eigenvalue weighted by atomic mass is 10.3. The second-order valence-electron chi connectivity index (χ2n) is 5.70. The lowest BCUT2D eigenvalue weighted by Gasteiger charge is -2.00. The maximum absolute atomic E-state index is 11.7. The van der Waals surface area contributed by atoms with Crippen molar-refractivity contribution in [3.8, 4) is 0 Å². The zero-order valence-electron chi connectivity index (χ0n) is 13.6. The second-order valence-corrected chi connectivity index (χ2v) is 6.52.